The third kappa shape index (κ3) is 2.66. The Morgan fingerprint density at radius 2 is 2.14 bits per heavy atom. The monoisotopic (exact) mass is 308 g/mol. The summed E-state index contributed by atoms with van der Waals surface area (Å²) in [6.45, 7) is 2.47. The normalized spacial score (nSPS) is 26.2. The van der Waals surface area contributed by atoms with Crippen LogP contribution in [0, 0.1) is 0 Å². The number of nitrogens with one attached hydrogen (secondary N) is 1. The molecule has 0 bridgehead atoms. The summed E-state index contributed by atoms with van der Waals surface area (Å²) >= 11 is 1.15. The Kier molecular flexibility index (Phi) is 3.93. The first-order valence-corrected chi connectivity index (χ1v) is 8.35. The second kappa shape index (κ2) is 5.71. The van der Waals surface area contributed by atoms with Crippen molar-refractivity contribution in [2.45, 2.75) is 57.0 Å². The zero-order chi connectivity index (χ0) is 14.9. The van der Waals surface area contributed by atoms with Crippen LogP contribution in [0.4, 0.5) is 0 Å². The van der Waals surface area contributed by atoms with Crippen molar-refractivity contribution in [3.05, 3.63) is 11.1 Å². The van der Waals surface area contributed by atoms with Crippen LogP contribution < -0.4 is 5.32 Å². The number of aromatic nitrogens is 2. The maximum Gasteiger partial charge on any atom is 0.276 e. The van der Waals surface area contributed by atoms with Crippen molar-refractivity contribution in [1.29, 1.82) is 0 Å². The highest BCUT2D eigenvalue weighted by molar-refractivity contribution is 7.03. The number of amides is 2. The predicted molar refractivity (Wildman–Crippen MR) is 79.0 cm³/mol. The molecule has 0 radical (unpaired) electrons. The van der Waals surface area contributed by atoms with E-state index in [4.69, 9.17) is 0 Å². The molecule has 1 atom stereocenters. The molecule has 1 aromatic heterocycles. The predicted octanol–water partition coefficient (Wildman–Crippen LogP) is 1.59. The van der Waals surface area contributed by atoms with Gasteiger partial charge in [0.05, 0.1) is 0 Å². The summed E-state index contributed by atoms with van der Waals surface area (Å²) in [5, 5.41) is 8.59. The molecule has 1 saturated heterocycles. The molecule has 2 aliphatic rings. The maximum absolute atomic E-state index is 12.7. The van der Waals surface area contributed by atoms with Crippen molar-refractivity contribution in [2.24, 2.45) is 0 Å². The van der Waals surface area contributed by atoms with Gasteiger partial charge in [-0.15, -0.1) is 5.10 Å². The fraction of sp³-hybridized carbons (Fsp3) is 0.714. The molecule has 1 aromatic rings. The summed E-state index contributed by atoms with van der Waals surface area (Å²) in [5.41, 5.74) is -0.426. The largest absolute Gasteiger partial charge is 0.351 e. The molecule has 0 unspecified atom stereocenters. The number of nitrogens with zero attached hydrogens (tertiary/aromatic N) is 3. The van der Waals surface area contributed by atoms with Crippen LogP contribution in [0.2, 0.25) is 0 Å². The van der Waals surface area contributed by atoms with Crippen molar-refractivity contribution in [2.75, 3.05) is 6.54 Å². The number of carbonyl (C=O) groups excluding carboxylic acids is 2. The van der Waals surface area contributed by atoms with Gasteiger partial charge in [0.25, 0.3) is 5.91 Å². The number of carbonyl (C=O) groups is 2. The fourth-order valence-corrected chi connectivity index (χ4v) is 3.76. The van der Waals surface area contributed by atoms with E-state index in [0.717, 1.165) is 30.8 Å². The molecule has 2 fully saturated rings. The first-order chi connectivity index (χ1) is 10.1. The standard InChI is InChI=1S/C14H20N4O2S/c1-14(13(20)15-10-5-2-3-6-10)7-4-8-18(14)12(19)11-9-21-17-16-11/h9-10H,2-8H2,1H3,(H,15,20)/t14-/m1/s1. The lowest BCUT2D eigenvalue weighted by atomic mass is 9.96. The van der Waals surface area contributed by atoms with Crippen LogP contribution in [0.5, 0.6) is 0 Å². The Morgan fingerprint density at radius 1 is 1.38 bits per heavy atom. The van der Waals surface area contributed by atoms with Crippen molar-refractivity contribution in [3.63, 3.8) is 0 Å². The van der Waals surface area contributed by atoms with E-state index in [-0.39, 0.29) is 17.9 Å². The van der Waals surface area contributed by atoms with Crippen LogP contribution >= 0.6 is 11.5 Å². The summed E-state index contributed by atoms with van der Waals surface area (Å²) in [6.07, 6.45) is 5.99. The highest BCUT2D eigenvalue weighted by Crippen LogP contribution is 2.31. The van der Waals surface area contributed by atoms with Crippen LogP contribution in [0.3, 0.4) is 0 Å². The van der Waals surface area contributed by atoms with E-state index in [2.05, 4.69) is 14.9 Å². The van der Waals surface area contributed by atoms with Crippen LogP contribution in [0.25, 0.3) is 0 Å². The Hall–Kier alpha value is -1.50. The second-order valence-electron chi connectivity index (χ2n) is 6.08. The van der Waals surface area contributed by atoms with Gasteiger partial charge in [-0.05, 0) is 44.1 Å². The molecule has 1 aliphatic carbocycles. The lowest BCUT2D eigenvalue weighted by Crippen LogP contribution is -2.57. The summed E-state index contributed by atoms with van der Waals surface area (Å²) in [5.74, 6) is -0.214. The molecule has 2 heterocycles. The number of hydrogen-bond acceptors (Lipinski definition) is 5. The van der Waals surface area contributed by atoms with Gasteiger partial charge in [-0.2, -0.15) is 0 Å². The Bertz CT molecular complexity index is 527. The van der Waals surface area contributed by atoms with Crippen molar-refractivity contribution in [3.8, 4) is 0 Å². The van der Waals surface area contributed by atoms with Crippen LogP contribution in [0.15, 0.2) is 5.38 Å². The van der Waals surface area contributed by atoms with Gasteiger partial charge in [0.2, 0.25) is 5.91 Å². The van der Waals surface area contributed by atoms with E-state index in [1.54, 1.807) is 10.3 Å². The Labute approximate surface area is 128 Å². The number of rotatable bonds is 3. The zero-order valence-corrected chi connectivity index (χ0v) is 13.0. The van der Waals surface area contributed by atoms with Gasteiger partial charge in [-0.1, -0.05) is 17.3 Å². The molecule has 3 rings (SSSR count). The topological polar surface area (TPSA) is 75.2 Å². The average molecular weight is 308 g/mol. The van der Waals surface area contributed by atoms with E-state index in [0.29, 0.717) is 18.7 Å². The molecule has 1 saturated carbocycles. The first kappa shape index (κ1) is 14.4. The van der Waals surface area contributed by atoms with Crippen LogP contribution in [-0.4, -0.2) is 44.4 Å². The fourth-order valence-electron chi connectivity index (χ4n) is 3.33. The lowest BCUT2D eigenvalue weighted by Gasteiger charge is -2.34. The SMILES string of the molecule is C[C@]1(C(=O)NC2CCCC2)CCCN1C(=O)c1csnn1. The number of likely N-dealkylation sites (tertiary alicyclic amines) is 1. The molecule has 6 nitrogen and oxygen atoms in total. The quantitative estimate of drug-likeness (QED) is 0.920. The highest BCUT2D eigenvalue weighted by Gasteiger charge is 2.46. The molecule has 21 heavy (non-hydrogen) atoms. The third-order valence-electron chi connectivity index (χ3n) is 4.64. The second-order valence-corrected chi connectivity index (χ2v) is 6.69. The van der Waals surface area contributed by atoms with E-state index >= 15 is 0 Å². The smallest absolute Gasteiger partial charge is 0.276 e. The maximum atomic E-state index is 12.7. The Morgan fingerprint density at radius 3 is 2.81 bits per heavy atom. The molecule has 1 aliphatic heterocycles. The van der Waals surface area contributed by atoms with Gasteiger partial charge < -0.3 is 10.2 Å². The zero-order valence-electron chi connectivity index (χ0n) is 12.2. The number of hydrogen-bond donors (Lipinski definition) is 1. The van der Waals surface area contributed by atoms with Gasteiger partial charge in [-0.25, -0.2) is 0 Å². The van der Waals surface area contributed by atoms with Gasteiger partial charge >= 0.3 is 0 Å². The van der Waals surface area contributed by atoms with E-state index in [1.165, 1.54) is 12.8 Å². The Balaban J connectivity index is 1.74. The van der Waals surface area contributed by atoms with E-state index in [9.17, 15) is 9.59 Å². The van der Waals surface area contributed by atoms with Gasteiger partial charge in [-0.3, -0.25) is 9.59 Å². The van der Waals surface area contributed by atoms with Gasteiger partial charge in [0.15, 0.2) is 5.69 Å². The molecule has 2 amide bonds. The molecule has 0 aromatic carbocycles. The van der Waals surface area contributed by atoms with Crippen LogP contribution in [-0.2, 0) is 4.79 Å². The van der Waals surface area contributed by atoms with Crippen molar-refractivity contribution >= 4 is 23.3 Å². The summed E-state index contributed by atoms with van der Waals surface area (Å²) < 4.78 is 3.73. The minimum absolute atomic E-state index is 0.0246. The van der Waals surface area contributed by atoms with E-state index in [1.807, 2.05) is 6.92 Å². The summed E-state index contributed by atoms with van der Waals surface area (Å²) in [7, 11) is 0. The average Bonchev–Trinajstić information content (AvgIpc) is 3.19. The minimum Gasteiger partial charge on any atom is -0.351 e. The van der Waals surface area contributed by atoms with Crippen molar-refractivity contribution < 1.29 is 9.59 Å². The first-order valence-electron chi connectivity index (χ1n) is 7.51. The molecule has 114 valence electrons. The molecule has 0 spiro atoms. The highest BCUT2D eigenvalue weighted by atomic mass is 32.1. The van der Waals surface area contributed by atoms with Crippen molar-refractivity contribution in [1.82, 2.24) is 19.8 Å². The van der Waals surface area contributed by atoms with Crippen LogP contribution in [0.1, 0.15) is 55.9 Å². The third-order valence-corrected chi connectivity index (χ3v) is 5.15. The summed E-state index contributed by atoms with van der Waals surface area (Å²) in [4.78, 5) is 26.8. The van der Waals surface area contributed by atoms with Gasteiger partial charge in [0, 0.05) is 18.0 Å². The molecular weight excluding hydrogens is 288 g/mol. The summed E-state index contributed by atoms with van der Waals surface area (Å²) in [6, 6.07) is 0.271. The minimum atomic E-state index is -0.761. The van der Waals surface area contributed by atoms with E-state index < -0.39 is 5.54 Å². The molecular formula is C14H20N4O2S. The van der Waals surface area contributed by atoms with Gasteiger partial charge in [0.1, 0.15) is 5.54 Å². The molecule has 7 heteroatoms. The molecule has 1 N–H and O–H groups in total. The lowest BCUT2D eigenvalue weighted by molar-refractivity contribution is -0.130.